The van der Waals surface area contributed by atoms with Gasteiger partial charge < -0.3 is 10.1 Å². The van der Waals surface area contributed by atoms with Crippen LogP contribution in [0.4, 0.5) is 13.2 Å². The van der Waals surface area contributed by atoms with Crippen molar-refractivity contribution in [2.45, 2.75) is 22.4 Å². The molecule has 0 saturated carbocycles. The fourth-order valence-corrected chi connectivity index (χ4v) is 4.08. The maximum Gasteiger partial charge on any atom is 0.417 e. The van der Waals surface area contributed by atoms with Gasteiger partial charge in [0.15, 0.2) is 0 Å². The number of halogens is 3. The standard InChI is InChI=1S/C18H18F3NOS/c19-18(20,21)14-8-4-5-9-16(14)24-17(13-6-2-1-3-7-13)15-12-22-10-11-23-15/h1-9,15,17,22H,10-12H2/t15?,17-/m1/s1. The number of alkyl halides is 3. The van der Waals surface area contributed by atoms with E-state index in [1.54, 1.807) is 6.07 Å². The Hall–Kier alpha value is -1.50. The maximum atomic E-state index is 13.3. The lowest BCUT2D eigenvalue weighted by molar-refractivity contribution is -0.139. The Morgan fingerprint density at radius 3 is 2.42 bits per heavy atom. The van der Waals surface area contributed by atoms with Gasteiger partial charge in [-0.2, -0.15) is 13.2 Å². The van der Waals surface area contributed by atoms with Gasteiger partial charge in [0, 0.05) is 18.0 Å². The van der Waals surface area contributed by atoms with Crippen LogP contribution in [0.2, 0.25) is 0 Å². The third-order valence-corrected chi connectivity index (χ3v) is 5.31. The van der Waals surface area contributed by atoms with E-state index < -0.39 is 11.7 Å². The van der Waals surface area contributed by atoms with Crippen LogP contribution in [0.1, 0.15) is 16.4 Å². The quantitative estimate of drug-likeness (QED) is 0.816. The Balaban J connectivity index is 1.93. The molecule has 0 aliphatic carbocycles. The van der Waals surface area contributed by atoms with Crippen molar-refractivity contribution in [2.75, 3.05) is 19.7 Å². The van der Waals surface area contributed by atoms with Gasteiger partial charge >= 0.3 is 6.18 Å². The van der Waals surface area contributed by atoms with Crippen molar-refractivity contribution >= 4 is 11.8 Å². The summed E-state index contributed by atoms with van der Waals surface area (Å²) in [7, 11) is 0. The molecule has 2 atom stereocenters. The predicted molar refractivity (Wildman–Crippen MR) is 89.1 cm³/mol. The molecule has 1 unspecified atom stereocenters. The molecule has 1 N–H and O–H groups in total. The number of nitrogens with one attached hydrogen (secondary N) is 1. The van der Waals surface area contributed by atoms with E-state index in [1.165, 1.54) is 23.9 Å². The molecule has 0 spiro atoms. The molecule has 1 heterocycles. The molecule has 0 amide bonds. The van der Waals surface area contributed by atoms with Gasteiger partial charge in [-0.25, -0.2) is 0 Å². The fraction of sp³-hybridized carbons (Fsp3) is 0.333. The van der Waals surface area contributed by atoms with Crippen molar-refractivity contribution in [2.24, 2.45) is 0 Å². The minimum Gasteiger partial charge on any atom is -0.374 e. The molecule has 1 aliphatic rings. The highest BCUT2D eigenvalue weighted by Crippen LogP contribution is 2.44. The molecule has 2 aromatic carbocycles. The van der Waals surface area contributed by atoms with Crippen LogP contribution in [-0.4, -0.2) is 25.8 Å². The van der Waals surface area contributed by atoms with Gasteiger partial charge in [-0.15, -0.1) is 11.8 Å². The topological polar surface area (TPSA) is 21.3 Å². The Labute approximate surface area is 143 Å². The highest BCUT2D eigenvalue weighted by Gasteiger charge is 2.35. The molecule has 2 nitrogen and oxygen atoms in total. The second kappa shape index (κ2) is 7.59. The number of ether oxygens (including phenoxy) is 1. The first-order valence-corrected chi connectivity index (χ1v) is 8.64. The highest BCUT2D eigenvalue weighted by atomic mass is 32.2. The minimum absolute atomic E-state index is 0.174. The van der Waals surface area contributed by atoms with Gasteiger partial charge in [-0.3, -0.25) is 0 Å². The Morgan fingerprint density at radius 2 is 1.75 bits per heavy atom. The first-order valence-electron chi connectivity index (χ1n) is 7.76. The third kappa shape index (κ3) is 4.12. The average molecular weight is 353 g/mol. The summed E-state index contributed by atoms with van der Waals surface area (Å²) in [5, 5.41) is 3.05. The molecular weight excluding hydrogens is 335 g/mol. The van der Waals surface area contributed by atoms with Crippen LogP contribution in [0.3, 0.4) is 0 Å². The van der Waals surface area contributed by atoms with Crippen molar-refractivity contribution < 1.29 is 17.9 Å². The number of hydrogen-bond donors (Lipinski definition) is 1. The van der Waals surface area contributed by atoms with Gasteiger partial charge in [0.25, 0.3) is 0 Å². The van der Waals surface area contributed by atoms with E-state index in [0.717, 1.165) is 18.2 Å². The Morgan fingerprint density at radius 1 is 1.04 bits per heavy atom. The number of benzene rings is 2. The molecular formula is C18H18F3NOS. The Bertz CT molecular complexity index is 657. The molecule has 0 bridgehead atoms. The molecule has 1 aliphatic heterocycles. The SMILES string of the molecule is FC(F)(F)c1ccccc1S[C@H](c1ccccc1)C1CNCCO1. The van der Waals surface area contributed by atoms with Crippen LogP contribution in [0.25, 0.3) is 0 Å². The number of hydrogen-bond acceptors (Lipinski definition) is 3. The van der Waals surface area contributed by atoms with Crippen LogP contribution in [0, 0.1) is 0 Å². The van der Waals surface area contributed by atoms with E-state index in [2.05, 4.69) is 5.32 Å². The Kier molecular flexibility index (Phi) is 5.48. The summed E-state index contributed by atoms with van der Waals surface area (Å²) in [4.78, 5) is 0.230. The summed E-state index contributed by atoms with van der Waals surface area (Å²) >= 11 is 1.22. The molecule has 1 fully saturated rings. The summed E-state index contributed by atoms with van der Waals surface area (Å²) in [6.07, 6.45) is -4.54. The van der Waals surface area contributed by atoms with Gasteiger partial charge in [-0.05, 0) is 17.7 Å². The van der Waals surface area contributed by atoms with Crippen LogP contribution in [0.5, 0.6) is 0 Å². The molecule has 2 aromatic rings. The number of thioether (sulfide) groups is 1. The first-order chi connectivity index (χ1) is 11.6. The smallest absolute Gasteiger partial charge is 0.374 e. The van der Waals surface area contributed by atoms with Gasteiger partial charge in [-0.1, -0.05) is 42.5 Å². The first kappa shape index (κ1) is 17.3. The fourth-order valence-electron chi connectivity index (χ4n) is 2.72. The van der Waals surface area contributed by atoms with Gasteiger partial charge in [0.05, 0.1) is 23.5 Å². The van der Waals surface area contributed by atoms with Crippen LogP contribution >= 0.6 is 11.8 Å². The zero-order valence-corrected chi connectivity index (χ0v) is 13.7. The van der Waals surface area contributed by atoms with Crippen molar-refractivity contribution in [1.29, 1.82) is 0 Å². The summed E-state index contributed by atoms with van der Waals surface area (Å²) in [6.45, 7) is 1.96. The molecule has 1 saturated heterocycles. The van der Waals surface area contributed by atoms with E-state index in [0.29, 0.717) is 13.2 Å². The molecule has 0 aromatic heterocycles. The summed E-state index contributed by atoms with van der Waals surface area (Å²) in [6, 6.07) is 15.3. The van der Waals surface area contributed by atoms with E-state index in [1.807, 2.05) is 30.3 Å². The molecule has 6 heteroatoms. The normalized spacial score (nSPS) is 19.9. The van der Waals surface area contributed by atoms with Gasteiger partial charge in [0.2, 0.25) is 0 Å². The van der Waals surface area contributed by atoms with E-state index in [9.17, 15) is 13.2 Å². The number of rotatable bonds is 4. The summed E-state index contributed by atoms with van der Waals surface area (Å²) in [5.41, 5.74) is 0.368. The van der Waals surface area contributed by atoms with Crippen molar-refractivity contribution in [3.05, 3.63) is 65.7 Å². The van der Waals surface area contributed by atoms with Crippen molar-refractivity contribution in [1.82, 2.24) is 5.32 Å². The zero-order valence-electron chi connectivity index (χ0n) is 12.9. The molecule has 24 heavy (non-hydrogen) atoms. The summed E-state index contributed by atoms with van der Waals surface area (Å²) in [5.74, 6) is 0. The largest absolute Gasteiger partial charge is 0.417 e. The molecule has 3 rings (SSSR count). The van der Waals surface area contributed by atoms with Crippen LogP contribution in [0.15, 0.2) is 59.5 Å². The van der Waals surface area contributed by atoms with E-state index in [4.69, 9.17) is 4.74 Å². The zero-order chi connectivity index (χ0) is 17.0. The second-order valence-corrected chi connectivity index (χ2v) is 6.74. The van der Waals surface area contributed by atoms with Crippen LogP contribution in [-0.2, 0) is 10.9 Å². The monoisotopic (exact) mass is 353 g/mol. The van der Waals surface area contributed by atoms with Crippen molar-refractivity contribution in [3.63, 3.8) is 0 Å². The van der Waals surface area contributed by atoms with E-state index in [-0.39, 0.29) is 16.2 Å². The lowest BCUT2D eigenvalue weighted by Gasteiger charge is -2.31. The average Bonchev–Trinajstić information content (AvgIpc) is 2.61. The molecule has 128 valence electrons. The second-order valence-electron chi connectivity index (χ2n) is 5.56. The summed E-state index contributed by atoms with van der Waals surface area (Å²) < 4.78 is 45.7. The van der Waals surface area contributed by atoms with Crippen molar-refractivity contribution in [3.8, 4) is 0 Å². The van der Waals surface area contributed by atoms with Gasteiger partial charge in [0.1, 0.15) is 0 Å². The number of morpholine rings is 1. The lowest BCUT2D eigenvalue weighted by Crippen LogP contribution is -2.41. The minimum atomic E-state index is -4.36. The molecule has 0 radical (unpaired) electrons. The highest BCUT2D eigenvalue weighted by molar-refractivity contribution is 7.99. The lowest BCUT2D eigenvalue weighted by atomic mass is 10.1. The maximum absolute atomic E-state index is 13.3. The third-order valence-electron chi connectivity index (χ3n) is 3.87. The predicted octanol–water partition coefficient (Wildman–Crippen LogP) is 4.53. The van der Waals surface area contributed by atoms with E-state index >= 15 is 0 Å². The van der Waals surface area contributed by atoms with Crippen LogP contribution < -0.4 is 5.32 Å².